The summed E-state index contributed by atoms with van der Waals surface area (Å²) in [5, 5.41) is 3.51. The first-order valence-electron chi connectivity index (χ1n) is 10.2. The lowest BCUT2D eigenvalue weighted by Crippen LogP contribution is -2.39. The van der Waals surface area contributed by atoms with Gasteiger partial charge in [-0.15, -0.1) is 0 Å². The van der Waals surface area contributed by atoms with E-state index < -0.39 is 0 Å². The first-order chi connectivity index (χ1) is 12.8. The molecule has 0 unspecified atom stereocenters. The van der Waals surface area contributed by atoms with Crippen molar-refractivity contribution in [3.8, 4) is 0 Å². The van der Waals surface area contributed by atoms with Gasteiger partial charge in [0.2, 0.25) is 0 Å². The van der Waals surface area contributed by atoms with Gasteiger partial charge < -0.3 is 14.8 Å². The highest BCUT2D eigenvalue weighted by Gasteiger charge is 2.56. The Morgan fingerprint density at radius 2 is 1.77 bits per heavy atom. The molecule has 6 heteroatoms. The number of hydrogen-bond donors (Lipinski definition) is 1. The van der Waals surface area contributed by atoms with Crippen LogP contribution in [0.1, 0.15) is 54.9 Å². The standard InChI is InChI=1S/C20H25N5O/c26-20(25-17-5-6-18(25)15-10-21-9-14(15)17)12-7-16-19(22-8-12)24(11-23-16)13-3-1-2-4-13/h7-8,11,13-15,17-18,21H,1-6,9-10H2/t14-,15+,17-,18+. The summed E-state index contributed by atoms with van der Waals surface area (Å²) in [5.41, 5.74) is 2.49. The minimum atomic E-state index is 0.164. The van der Waals surface area contributed by atoms with Crippen LogP contribution >= 0.6 is 0 Å². The zero-order valence-corrected chi connectivity index (χ0v) is 15.0. The van der Waals surface area contributed by atoms with E-state index in [1.54, 1.807) is 6.20 Å². The van der Waals surface area contributed by atoms with Gasteiger partial charge in [0.1, 0.15) is 5.52 Å². The smallest absolute Gasteiger partial charge is 0.256 e. The highest BCUT2D eigenvalue weighted by atomic mass is 16.2. The third-order valence-electron chi connectivity index (χ3n) is 7.38. The quantitative estimate of drug-likeness (QED) is 0.902. The number of nitrogens with zero attached hydrogens (tertiary/aromatic N) is 4. The van der Waals surface area contributed by atoms with Crippen molar-refractivity contribution >= 4 is 17.1 Å². The molecule has 0 radical (unpaired) electrons. The number of rotatable bonds is 2. The number of carbonyl (C=O) groups excluding carboxylic acids is 1. The van der Waals surface area contributed by atoms with Crippen LogP contribution in [0, 0.1) is 11.8 Å². The van der Waals surface area contributed by atoms with Crippen LogP contribution in [0.25, 0.3) is 11.2 Å². The van der Waals surface area contributed by atoms with Crippen molar-refractivity contribution in [2.75, 3.05) is 13.1 Å². The van der Waals surface area contributed by atoms with Crippen LogP contribution in [0.5, 0.6) is 0 Å². The number of imidazole rings is 1. The summed E-state index contributed by atoms with van der Waals surface area (Å²) >= 11 is 0. The van der Waals surface area contributed by atoms with Gasteiger partial charge in [0.05, 0.1) is 11.9 Å². The van der Waals surface area contributed by atoms with E-state index in [0.29, 0.717) is 35.5 Å². The van der Waals surface area contributed by atoms with E-state index >= 15 is 0 Å². The second kappa shape index (κ2) is 5.52. The van der Waals surface area contributed by atoms with Gasteiger partial charge in [-0.25, -0.2) is 9.97 Å². The van der Waals surface area contributed by atoms with E-state index in [0.717, 1.165) is 37.1 Å². The highest BCUT2D eigenvalue weighted by Crippen LogP contribution is 2.47. The predicted molar refractivity (Wildman–Crippen MR) is 97.9 cm³/mol. The lowest BCUT2D eigenvalue weighted by molar-refractivity contribution is 0.0709. The summed E-state index contributed by atoms with van der Waals surface area (Å²) in [6.07, 6.45) is 11.0. The first kappa shape index (κ1) is 15.1. The maximum Gasteiger partial charge on any atom is 0.256 e. The summed E-state index contributed by atoms with van der Waals surface area (Å²) in [4.78, 5) is 24.7. The van der Waals surface area contributed by atoms with Crippen molar-refractivity contribution in [1.82, 2.24) is 24.8 Å². The van der Waals surface area contributed by atoms with Crippen LogP contribution in [0.15, 0.2) is 18.6 Å². The maximum atomic E-state index is 13.3. The monoisotopic (exact) mass is 351 g/mol. The third-order valence-corrected chi connectivity index (χ3v) is 7.38. The lowest BCUT2D eigenvalue weighted by Gasteiger charge is -2.24. The summed E-state index contributed by atoms with van der Waals surface area (Å²) in [6, 6.07) is 3.32. The van der Waals surface area contributed by atoms with Crippen molar-refractivity contribution in [3.05, 3.63) is 24.2 Å². The Labute approximate surface area is 153 Å². The largest absolute Gasteiger partial charge is 0.332 e. The molecule has 0 spiro atoms. The van der Waals surface area contributed by atoms with Gasteiger partial charge in [-0.3, -0.25) is 4.79 Å². The second-order valence-electron chi connectivity index (χ2n) is 8.57. The molecule has 4 aliphatic rings. The Kier molecular flexibility index (Phi) is 3.22. The van der Waals surface area contributed by atoms with Crippen molar-refractivity contribution < 1.29 is 4.79 Å². The van der Waals surface area contributed by atoms with Crippen LogP contribution in [0.2, 0.25) is 0 Å². The molecule has 1 amide bonds. The average molecular weight is 351 g/mol. The van der Waals surface area contributed by atoms with Crippen molar-refractivity contribution in [2.24, 2.45) is 11.8 Å². The van der Waals surface area contributed by atoms with Crippen LogP contribution in [0.3, 0.4) is 0 Å². The highest BCUT2D eigenvalue weighted by molar-refractivity contribution is 5.97. The topological polar surface area (TPSA) is 63.1 Å². The minimum Gasteiger partial charge on any atom is -0.332 e. The predicted octanol–water partition coefficient (Wildman–Crippen LogP) is 2.37. The van der Waals surface area contributed by atoms with Crippen molar-refractivity contribution in [1.29, 1.82) is 0 Å². The fourth-order valence-corrected chi connectivity index (χ4v) is 6.20. The molecule has 136 valence electrons. The van der Waals surface area contributed by atoms with E-state index in [2.05, 4.69) is 24.8 Å². The Bertz CT molecular complexity index is 852. The van der Waals surface area contributed by atoms with E-state index in [1.807, 2.05) is 12.4 Å². The SMILES string of the molecule is O=C(c1cnc2c(c1)ncn2C1CCCC1)N1[C@@H]2CC[C@H]1[C@H]1CNC[C@H]12. The molecule has 4 fully saturated rings. The van der Waals surface area contributed by atoms with Gasteiger partial charge in [0.15, 0.2) is 5.65 Å². The summed E-state index contributed by atoms with van der Waals surface area (Å²) in [6.45, 7) is 2.14. The van der Waals surface area contributed by atoms with Crippen molar-refractivity contribution in [2.45, 2.75) is 56.7 Å². The molecule has 1 N–H and O–H groups in total. The second-order valence-corrected chi connectivity index (χ2v) is 8.57. The molecule has 1 saturated carbocycles. The van der Waals surface area contributed by atoms with Gasteiger partial charge >= 0.3 is 0 Å². The number of aromatic nitrogens is 3. The van der Waals surface area contributed by atoms with E-state index in [4.69, 9.17) is 0 Å². The zero-order valence-electron chi connectivity index (χ0n) is 15.0. The van der Waals surface area contributed by atoms with Gasteiger partial charge in [-0.2, -0.15) is 0 Å². The number of pyridine rings is 1. The summed E-state index contributed by atoms with van der Waals surface area (Å²) < 4.78 is 2.21. The van der Waals surface area contributed by atoms with Gasteiger partial charge in [0.25, 0.3) is 5.91 Å². The van der Waals surface area contributed by atoms with Crippen molar-refractivity contribution in [3.63, 3.8) is 0 Å². The number of amides is 1. The van der Waals surface area contributed by atoms with E-state index in [1.165, 1.54) is 25.7 Å². The van der Waals surface area contributed by atoms with Crippen LogP contribution in [-0.2, 0) is 0 Å². The van der Waals surface area contributed by atoms with Crippen LogP contribution < -0.4 is 5.32 Å². The minimum absolute atomic E-state index is 0.164. The number of fused-ring (bicyclic) bond motifs is 6. The molecule has 2 aromatic rings. The molecule has 2 bridgehead atoms. The van der Waals surface area contributed by atoms with E-state index in [-0.39, 0.29) is 5.91 Å². The molecule has 6 nitrogen and oxygen atoms in total. The number of hydrogen-bond acceptors (Lipinski definition) is 4. The average Bonchev–Trinajstić information content (AvgIpc) is 3.47. The molecule has 0 aromatic carbocycles. The maximum absolute atomic E-state index is 13.3. The van der Waals surface area contributed by atoms with Crippen LogP contribution in [-0.4, -0.2) is 50.5 Å². The molecule has 4 atom stereocenters. The third kappa shape index (κ3) is 1.99. The molecular weight excluding hydrogens is 326 g/mol. The molecular formula is C20H25N5O. The fourth-order valence-electron chi connectivity index (χ4n) is 6.20. The molecule has 2 aromatic heterocycles. The van der Waals surface area contributed by atoms with Gasteiger partial charge in [-0.05, 0) is 43.6 Å². The molecule has 3 aliphatic heterocycles. The first-order valence-corrected chi connectivity index (χ1v) is 10.2. The Morgan fingerprint density at radius 3 is 2.50 bits per heavy atom. The Hall–Kier alpha value is -1.95. The molecule has 3 saturated heterocycles. The normalized spacial score (nSPS) is 33.5. The fraction of sp³-hybridized carbons (Fsp3) is 0.650. The summed E-state index contributed by atoms with van der Waals surface area (Å²) in [5.74, 6) is 1.46. The molecule has 1 aliphatic carbocycles. The summed E-state index contributed by atoms with van der Waals surface area (Å²) in [7, 11) is 0. The zero-order chi connectivity index (χ0) is 17.3. The van der Waals surface area contributed by atoms with Gasteiger partial charge in [-0.1, -0.05) is 12.8 Å². The Balaban J connectivity index is 1.32. The van der Waals surface area contributed by atoms with Crippen LogP contribution in [0.4, 0.5) is 0 Å². The molecule has 26 heavy (non-hydrogen) atoms. The Morgan fingerprint density at radius 1 is 1.04 bits per heavy atom. The number of carbonyl (C=O) groups is 1. The van der Waals surface area contributed by atoms with E-state index in [9.17, 15) is 4.79 Å². The molecule has 6 rings (SSSR count). The van der Waals surface area contributed by atoms with Gasteiger partial charge in [0, 0.05) is 37.4 Å². The molecule has 5 heterocycles. The number of nitrogens with one attached hydrogen (secondary N) is 1. The lowest BCUT2D eigenvalue weighted by atomic mass is 9.82.